The molecule has 2 heteroatoms. The highest BCUT2D eigenvalue weighted by molar-refractivity contribution is 5.37. The van der Waals surface area contributed by atoms with Gasteiger partial charge in [-0.2, -0.15) is 0 Å². The predicted molar refractivity (Wildman–Crippen MR) is 64.5 cm³/mol. The summed E-state index contributed by atoms with van der Waals surface area (Å²) >= 11 is 0. The van der Waals surface area contributed by atoms with E-state index in [1.165, 1.54) is 67.6 Å². The molecule has 2 aliphatic rings. The maximum Gasteiger partial charge on any atom is 0.112 e. The first kappa shape index (κ1) is 10.4. The van der Waals surface area contributed by atoms with Gasteiger partial charge in [-0.25, -0.2) is 0 Å². The molecule has 0 aliphatic heterocycles. The molecule has 16 heavy (non-hydrogen) atoms. The van der Waals surface area contributed by atoms with E-state index in [1.54, 1.807) is 0 Å². The molecule has 0 bridgehead atoms. The third-order valence-electron chi connectivity index (χ3n) is 4.24. The van der Waals surface area contributed by atoms with Crippen molar-refractivity contribution in [1.29, 1.82) is 0 Å². The van der Waals surface area contributed by atoms with Gasteiger partial charge in [0.1, 0.15) is 11.5 Å². The summed E-state index contributed by atoms with van der Waals surface area (Å²) in [7, 11) is 0. The molecule has 0 radical (unpaired) electrons. The van der Waals surface area contributed by atoms with Crippen molar-refractivity contribution in [2.45, 2.75) is 63.8 Å². The van der Waals surface area contributed by atoms with Gasteiger partial charge in [-0.15, -0.1) is 0 Å². The highest BCUT2D eigenvalue weighted by Crippen LogP contribution is 2.40. The molecule has 1 saturated carbocycles. The Balaban J connectivity index is 1.99. The molecule has 1 aromatic rings. The van der Waals surface area contributed by atoms with Crippen LogP contribution < -0.4 is 5.73 Å². The van der Waals surface area contributed by atoms with Gasteiger partial charge >= 0.3 is 0 Å². The zero-order valence-electron chi connectivity index (χ0n) is 9.93. The number of aryl methyl sites for hydroxylation is 1. The second-order valence-electron chi connectivity index (χ2n) is 5.24. The maximum atomic E-state index is 6.13. The highest BCUT2D eigenvalue weighted by atomic mass is 16.3. The van der Waals surface area contributed by atoms with E-state index < -0.39 is 0 Å². The normalized spacial score (nSPS) is 21.3. The number of furan rings is 1. The quantitative estimate of drug-likeness (QED) is 0.829. The minimum atomic E-state index is 0.671. The van der Waals surface area contributed by atoms with E-state index >= 15 is 0 Å². The highest BCUT2D eigenvalue weighted by Gasteiger charge is 2.28. The lowest BCUT2D eigenvalue weighted by Crippen LogP contribution is -2.06. The summed E-state index contributed by atoms with van der Waals surface area (Å²) in [6.07, 6.45) is 10.3. The van der Waals surface area contributed by atoms with E-state index in [9.17, 15) is 0 Å². The molecule has 0 atom stereocenters. The Morgan fingerprint density at radius 3 is 2.56 bits per heavy atom. The molecule has 1 fully saturated rings. The smallest absolute Gasteiger partial charge is 0.112 e. The standard InChI is InChI=1S/C14H21NO/c15-9-12-11-7-3-4-8-13(11)16-14(12)10-5-1-2-6-10/h10H,1-9,15H2. The number of hydrogen-bond acceptors (Lipinski definition) is 2. The van der Waals surface area contributed by atoms with Crippen LogP contribution in [0.15, 0.2) is 4.42 Å². The van der Waals surface area contributed by atoms with Crippen LogP contribution in [0, 0.1) is 0 Å². The Labute approximate surface area is 97.2 Å². The van der Waals surface area contributed by atoms with Crippen LogP contribution in [-0.2, 0) is 19.4 Å². The summed E-state index contributed by atoms with van der Waals surface area (Å²) in [4.78, 5) is 0. The summed E-state index contributed by atoms with van der Waals surface area (Å²) in [6, 6.07) is 0. The lowest BCUT2D eigenvalue weighted by atomic mass is 9.92. The number of nitrogens with two attached hydrogens (primary N) is 1. The van der Waals surface area contributed by atoms with Crippen molar-refractivity contribution in [3.8, 4) is 0 Å². The first-order chi connectivity index (χ1) is 7.90. The third-order valence-corrected chi connectivity index (χ3v) is 4.24. The first-order valence-electron chi connectivity index (χ1n) is 6.73. The summed E-state index contributed by atoms with van der Waals surface area (Å²) in [5.74, 6) is 3.18. The molecule has 2 nitrogen and oxygen atoms in total. The largest absolute Gasteiger partial charge is 0.465 e. The second kappa shape index (κ2) is 4.25. The van der Waals surface area contributed by atoms with Crippen LogP contribution in [0.1, 0.15) is 67.1 Å². The van der Waals surface area contributed by atoms with E-state index in [0.717, 1.165) is 6.42 Å². The van der Waals surface area contributed by atoms with Crippen molar-refractivity contribution in [2.75, 3.05) is 0 Å². The zero-order valence-corrected chi connectivity index (χ0v) is 9.93. The van der Waals surface area contributed by atoms with Gasteiger partial charge in [0.25, 0.3) is 0 Å². The Bertz CT molecular complexity index is 374. The molecule has 1 heterocycles. The van der Waals surface area contributed by atoms with Crippen molar-refractivity contribution in [3.05, 3.63) is 22.6 Å². The average molecular weight is 219 g/mol. The van der Waals surface area contributed by atoms with Crippen molar-refractivity contribution in [1.82, 2.24) is 0 Å². The molecule has 0 aromatic carbocycles. The molecular formula is C14H21NO. The van der Waals surface area contributed by atoms with Crippen LogP contribution in [0.25, 0.3) is 0 Å². The minimum absolute atomic E-state index is 0.671. The van der Waals surface area contributed by atoms with Gasteiger partial charge in [-0.3, -0.25) is 0 Å². The lowest BCUT2D eigenvalue weighted by molar-refractivity contribution is 0.415. The van der Waals surface area contributed by atoms with Crippen molar-refractivity contribution < 1.29 is 4.42 Å². The van der Waals surface area contributed by atoms with Crippen LogP contribution in [0.3, 0.4) is 0 Å². The van der Waals surface area contributed by atoms with E-state index in [1.807, 2.05) is 0 Å². The van der Waals surface area contributed by atoms with Gasteiger partial charge in [0.05, 0.1) is 0 Å². The van der Waals surface area contributed by atoms with Crippen LogP contribution in [0.5, 0.6) is 0 Å². The molecule has 88 valence electrons. The van der Waals surface area contributed by atoms with Crippen LogP contribution in [0.2, 0.25) is 0 Å². The molecule has 0 saturated heterocycles. The van der Waals surface area contributed by atoms with Crippen molar-refractivity contribution in [2.24, 2.45) is 5.73 Å². The monoisotopic (exact) mass is 219 g/mol. The Hall–Kier alpha value is -0.760. The summed E-state index contributed by atoms with van der Waals surface area (Å²) in [5.41, 5.74) is 8.76. The number of rotatable bonds is 2. The lowest BCUT2D eigenvalue weighted by Gasteiger charge is -2.10. The van der Waals surface area contributed by atoms with Crippen molar-refractivity contribution in [3.63, 3.8) is 0 Å². The fourth-order valence-electron chi connectivity index (χ4n) is 3.39. The molecule has 1 aromatic heterocycles. The SMILES string of the molecule is NCc1c(C2CCCC2)oc2c1CCCC2. The van der Waals surface area contributed by atoms with E-state index in [0.29, 0.717) is 12.5 Å². The van der Waals surface area contributed by atoms with E-state index in [-0.39, 0.29) is 0 Å². The molecule has 0 amide bonds. The zero-order chi connectivity index (χ0) is 11.0. The summed E-state index contributed by atoms with van der Waals surface area (Å²) in [6.45, 7) is 0.671. The van der Waals surface area contributed by atoms with Gasteiger partial charge in [0, 0.05) is 24.4 Å². The Morgan fingerprint density at radius 1 is 1.06 bits per heavy atom. The predicted octanol–water partition coefficient (Wildman–Crippen LogP) is 3.27. The molecular weight excluding hydrogens is 198 g/mol. The van der Waals surface area contributed by atoms with Gasteiger partial charge in [0.2, 0.25) is 0 Å². The topological polar surface area (TPSA) is 39.2 Å². The molecule has 2 N–H and O–H groups in total. The fraction of sp³-hybridized carbons (Fsp3) is 0.714. The maximum absolute atomic E-state index is 6.13. The Kier molecular flexibility index (Phi) is 2.76. The van der Waals surface area contributed by atoms with Gasteiger partial charge in [-0.05, 0) is 37.7 Å². The molecule has 0 unspecified atom stereocenters. The van der Waals surface area contributed by atoms with Crippen LogP contribution >= 0.6 is 0 Å². The van der Waals surface area contributed by atoms with Crippen LogP contribution in [-0.4, -0.2) is 0 Å². The molecule has 0 spiro atoms. The molecule has 3 rings (SSSR count). The van der Waals surface area contributed by atoms with Crippen LogP contribution in [0.4, 0.5) is 0 Å². The molecule has 2 aliphatic carbocycles. The second-order valence-corrected chi connectivity index (χ2v) is 5.24. The fourth-order valence-corrected chi connectivity index (χ4v) is 3.39. The number of hydrogen-bond donors (Lipinski definition) is 1. The van der Waals surface area contributed by atoms with Gasteiger partial charge < -0.3 is 10.2 Å². The van der Waals surface area contributed by atoms with E-state index in [2.05, 4.69) is 0 Å². The average Bonchev–Trinajstić information content (AvgIpc) is 2.95. The van der Waals surface area contributed by atoms with Crippen molar-refractivity contribution >= 4 is 0 Å². The van der Waals surface area contributed by atoms with E-state index in [4.69, 9.17) is 10.2 Å². The van der Waals surface area contributed by atoms with Gasteiger partial charge in [-0.1, -0.05) is 12.8 Å². The summed E-state index contributed by atoms with van der Waals surface area (Å²) < 4.78 is 6.13. The summed E-state index contributed by atoms with van der Waals surface area (Å²) in [5, 5.41) is 0. The Morgan fingerprint density at radius 2 is 1.81 bits per heavy atom. The van der Waals surface area contributed by atoms with Gasteiger partial charge in [0.15, 0.2) is 0 Å². The number of fused-ring (bicyclic) bond motifs is 1. The first-order valence-corrected chi connectivity index (χ1v) is 6.73. The third kappa shape index (κ3) is 1.60. The minimum Gasteiger partial charge on any atom is -0.465 e.